The lowest BCUT2D eigenvalue weighted by atomic mass is 10.2. The fourth-order valence-corrected chi connectivity index (χ4v) is 0.883. The van der Waals surface area contributed by atoms with E-state index < -0.39 is 0 Å². The molecule has 0 radical (unpaired) electrons. The number of hydrogen-bond acceptors (Lipinski definition) is 0. The molecule has 1 N–H and O–H groups in total. The molecule has 1 nitrogen and oxygen atoms in total. The van der Waals surface area contributed by atoms with E-state index in [-0.39, 0.29) is 0 Å². The number of unbranched alkanes of at least 4 members (excludes halogenated alkanes) is 3. The van der Waals surface area contributed by atoms with Gasteiger partial charge in [0.2, 0.25) is 0 Å². The van der Waals surface area contributed by atoms with Gasteiger partial charge in [-0.2, -0.15) is 0 Å². The summed E-state index contributed by atoms with van der Waals surface area (Å²) in [6.45, 7) is 3.05. The van der Waals surface area contributed by atoms with E-state index in [2.05, 4.69) is 18.1 Å². The van der Waals surface area contributed by atoms with Crippen molar-refractivity contribution in [1.82, 2.24) is 0 Å². The maximum atomic E-state index is 5.33. The van der Waals surface area contributed by atoms with Gasteiger partial charge in [-0.1, -0.05) is 31.4 Å². The molecule has 0 rings (SSSR count). The van der Waals surface area contributed by atoms with Crippen LogP contribution in [0.1, 0.15) is 32.6 Å². The molecule has 0 aromatic heterocycles. The summed E-state index contributed by atoms with van der Waals surface area (Å²) in [5.41, 5.74) is 1.53. The third-order valence-electron chi connectivity index (χ3n) is 1.42. The van der Waals surface area contributed by atoms with Crippen LogP contribution in [0, 0.1) is 0 Å². The van der Waals surface area contributed by atoms with Gasteiger partial charge in [0.1, 0.15) is 6.21 Å². The van der Waals surface area contributed by atoms with Gasteiger partial charge < -0.3 is 0 Å². The summed E-state index contributed by atoms with van der Waals surface area (Å²) in [4.78, 5) is 3.15. The van der Waals surface area contributed by atoms with Gasteiger partial charge in [-0.05, 0) is 12.5 Å². The summed E-state index contributed by atoms with van der Waals surface area (Å²) >= 11 is 5.33. The van der Waals surface area contributed by atoms with Crippen LogP contribution < -0.4 is 4.99 Å². The van der Waals surface area contributed by atoms with Gasteiger partial charge in [0.05, 0.1) is 0 Å². The molecular formula is C9H17ClN+. The van der Waals surface area contributed by atoms with Crippen LogP contribution in [0.5, 0.6) is 0 Å². The van der Waals surface area contributed by atoms with Gasteiger partial charge in [-0.3, -0.25) is 0 Å². The molecule has 0 amide bonds. The molecule has 0 aromatic rings. The second-order valence-electron chi connectivity index (χ2n) is 2.47. The first-order valence-electron chi connectivity index (χ1n) is 4.22. The summed E-state index contributed by atoms with van der Waals surface area (Å²) in [5, 5.41) is 0. The Morgan fingerprint density at radius 2 is 2.18 bits per heavy atom. The minimum absolute atomic E-state index is 0.843. The monoisotopic (exact) mass is 174 g/mol. The van der Waals surface area contributed by atoms with Gasteiger partial charge in [0.25, 0.3) is 0 Å². The van der Waals surface area contributed by atoms with Crippen LogP contribution in [0.4, 0.5) is 0 Å². The highest BCUT2D eigenvalue weighted by atomic mass is 35.5. The van der Waals surface area contributed by atoms with Gasteiger partial charge in [0, 0.05) is 12.0 Å². The maximum absolute atomic E-state index is 5.33. The molecule has 0 bridgehead atoms. The first-order chi connectivity index (χ1) is 5.41. The smallest absolute Gasteiger partial charge is 0.160 e. The molecule has 0 heterocycles. The van der Waals surface area contributed by atoms with Gasteiger partial charge in [-0.15, -0.1) is 0 Å². The van der Waals surface area contributed by atoms with Crippen molar-refractivity contribution < 1.29 is 4.99 Å². The van der Waals surface area contributed by atoms with Crippen molar-refractivity contribution in [1.29, 1.82) is 0 Å². The van der Waals surface area contributed by atoms with Crippen LogP contribution in [0.3, 0.4) is 0 Å². The summed E-state index contributed by atoms with van der Waals surface area (Å²) in [5.74, 6) is 0. The Morgan fingerprint density at radius 3 is 2.82 bits per heavy atom. The summed E-state index contributed by atoms with van der Waals surface area (Å²) in [6.07, 6.45) is 9.04. The normalized spacial score (nSPS) is 11.8. The number of halogens is 1. The molecular weight excluding hydrogens is 158 g/mol. The van der Waals surface area contributed by atoms with Gasteiger partial charge in [0.15, 0.2) is 6.54 Å². The molecule has 0 unspecified atom stereocenters. The van der Waals surface area contributed by atoms with Crippen molar-refractivity contribution in [3.63, 3.8) is 0 Å². The van der Waals surface area contributed by atoms with E-state index >= 15 is 0 Å². The Bertz CT molecular complexity index is 119. The first kappa shape index (κ1) is 10.7. The summed E-state index contributed by atoms with van der Waals surface area (Å²) in [7, 11) is 0. The fraction of sp³-hybridized carbons (Fsp3) is 0.667. The molecule has 0 aliphatic rings. The van der Waals surface area contributed by atoms with Crippen molar-refractivity contribution in [3.8, 4) is 0 Å². The van der Waals surface area contributed by atoms with E-state index in [9.17, 15) is 0 Å². The second kappa shape index (κ2) is 9.70. The molecule has 0 saturated heterocycles. The predicted molar refractivity (Wildman–Crippen MR) is 51.0 cm³/mol. The molecule has 0 aliphatic carbocycles. The van der Waals surface area contributed by atoms with Crippen LogP contribution in [0.15, 0.2) is 11.6 Å². The third kappa shape index (κ3) is 9.70. The molecule has 0 saturated carbocycles. The summed E-state index contributed by atoms with van der Waals surface area (Å²) in [6, 6.07) is 0. The zero-order chi connectivity index (χ0) is 8.36. The zero-order valence-electron chi connectivity index (χ0n) is 7.15. The lowest BCUT2D eigenvalue weighted by molar-refractivity contribution is -0.440. The quantitative estimate of drug-likeness (QED) is 0.463. The van der Waals surface area contributed by atoms with Crippen LogP contribution in [0.25, 0.3) is 0 Å². The molecule has 64 valence electrons. The molecule has 11 heavy (non-hydrogen) atoms. The second-order valence-corrected chi connectivity index (χ2v) is 2.72. The highest BCUT2D eigenvalue weighted by Crippen LogP contribution is 1.94. The Morgan fingerprint density at radius 1 is 1.36 bits per heavy atom. The number of rotatable bonds is 6. The fourth-order valence-electron chi connectivity index (χ4n) is 0.794. The summed E-state index contributed by atoms with van der Waals surface area (Å²) < 4.78 is 0. The number of hydrogen-bond donors (Lipinski definition) is 1. The van der Waals surface area contributed by atoms with Crippen molar-refractivity contribution >= 4 is 17.8 Å². The zero-order valence-corrected chi connectivity index (χ0v) is 7.90. The van der Waals surface area contributed by atoms with Crippen molar-refractivity contribution in [2.45, 2.75) is 32.6 Å². The van der Waals surface area contributed by atoms with Crippen LogP contribution in [0.2, 0.25) is 0 Å². The van der Waals surface area contributed by atoms with E-state index in [0.717, 1.165) is 13.0 Å². The Labute approximate surface area is 74.2 Å². The standard InChI is InChI=1S/C9H16ClN/c1-2-3-4-5-8-11-9-6-7-10/h6-8H,2-5,9H2,1H3/p+1. The molecule has 0 aliphatic heterocycles. The minimum atomic E-state index is 0.843. The Hall–Kier alpha value is -0.300. The molecule has 2 heteroatoms. The van der Waals surface area contributed by atoms with E-state index in [4.69, 9.17) is 11.6 Å². The first-order valence-corrected chi connectivity index (χ1v) is 4.65. The third-order valence-corrected chi connectivity index (χ3v) is 1.60. The van der Waals surface area contributed by atoms with Crippen LogP contribution in [-0.4, -0.2) is 12.8 Å². The molecule has 0 fully saturated rings. The average Bonchev–Trinajstić information content (AvgIpc) is 2.03. The minimum Gasteiger partial charge on any atom is -0.248 e. The lowest BCUT2D eigenvalue weighted by Crippen LogP contribution is -2.68. The highest BCUT2D eigenvalue weighted by molar-refractivity contribution is 6.25. The molecule has 0 aromatic carbocycles. The molecule has 0 atom stereocenters. The molecule has 0 spiro atoms. The van der Waals surface area contributed by atoms with E-state index in [1.54, 1.807) is 0 Å². The van der Waals surface area contributed by atoms with Crippen molar-refractivity contribution in [2.75, 3.05) is 6.54 Å². The lowest BCUT2D eigenvalue weighted by Gasteiger charge is -1.87. The highest BCUT2D eigenvalue weighted by Gasteiger charge is 1.84. The van der Waals surface area contributed by atoms with Crippen molar-refractivity contribution in [2.24, 2.45) is 0 Å². The average molecular weight is 175 g/mol. The van der Waals surface area contributed by atoms with Crippen LogP contribution >= 0.6 is 11.6 Å². The Kier molecular flexibility index (Phi) is 9.44. The maximum Gasteiger partial charge on any atom is 0.160 e. The van der Waals surface area contributed by atoms with Gasteiger partial charge in [-0.25, -0.2) is 4.99 Å². The van der Waals surface area contributed by atoms with E-state index in [1.165, 1.54) is 24.8 Å². The van der Waals surface area contributed by atoms with E-state index in [1.807, 2.05) is 6.08 Å². The van der Waals surface area contributed by atoms with E-state index in [0.29, 0.717) is 0 Å². The SMILES string of the molecule is CCCCCC=[NH+]CC=CCl. The predicted octanol–water partition coefficient (Wildman–Crippen LogP) is 1.47. The van der Waals surface area contributed by atoms with Crippen molar-refractivity contribution in [3.05, 3.63) is 11.6 Å². The number of nitrogens with one attached hydrogen (secondary N) is 1. The Balaban J connectivity index is 3.03. The largest absolute Gasteiger partial charge is 0.248 e. The van der Waals surface area contributed by atoms with Gasteiger partial charge >= 0.3 is 0 Å². The van der Waals surface area contributed by atoms with Crippen LogP contribution in [-0.2, 0) is 0 Å². The topological polar surface area (TPSA) is 14.0 Å².